The van der Waals surface area contributed by atoms with Gasteiger partial charge in [0.25, 0.3) is 17.7 Å². The lowest BCUT2D eigenvalue weighted by atomic mass is 10.1. The van der Waals surface area contributed by atoms with Gasteiger partial charge >= 0.3 is 0 Å². The molecule has 0 unspecified atom stereocenters. The first kappa shape index (κ1) is 26.1. The highest BCUT2D eigenvalue weighted by molar-refractivity contribution is 6.05. The first-order chi connectivity index (χ1) is 16.3. The molecule has 11 heteroatoms. The number of aliphatic hydroxyl groups is 1. The summed E-state index contributed by atoms with van der Waals surface area (Å²) in [4.78, 5) is 41.6. The third-order valence-electron chi connectivity index (χ3n) is 5.92. The number of hydrogen-bond acceptors (Lipinski definition) is 6. The number of hydrogen-bond donors (Lipinski definition) is 4. The van der Waals surface area contributed by atoms with Crippen molar-refractivity contribution < 1.29 is 24.2 Å². The summed E-state index contributed by atoms with van der Waals surface area (Å²) in [6.07, 6.45) is -2.26. The fourth-order valence-electron chi connectivity index (χ4n) is 4.14. The Morgan fingerprint density at radius 2 is 1.97 bits per heavy atom. The number of carbonyl (C=O) groups is 3. The van der Waals surface area contributed by atoms with Crippen LogP contribution in [0.15, 0.2) is 42.5 Å². The molecule has 0 aliphatic carbocycles. The second-order valence-electron chi connectivity index (χ2n) is 8.27. The standard InChI is InChI=1S/C24H27N5O5.ClH/c1-2-9-28-13-15-5-8-17(12-18(15)23(28)32)29-10-11-34-20(24(29)33)19(30)22(31)27-16-6-3-14(4-7-16)21(25)26;/h3-8,12,19-20,30H,2,9-11,13H2,1H3,(H3,25,26)(H,27,31);1H/t19-,20-;/m1./s1. The molecule has 2 atom stereocenters. The molecule has 0 spiro atoms. The van der Waals surface area contributed by atoms with E-state index in [1.165, 1.54) is 4.90 Å². The van der Waals surface area contributed by atoms with E-state index in [-0.39, 0.29) is 37.3 Å². The second-order valence-corrected chi connectivity index (χ2v) is 8.27. The zero-order valence-electron chi connectivity index (χ0n) is 19.2. The molecule has 0 bridgehead atoms. The number of nitrogens with one attached hydrogen (secondary N) is 2. The summed E-state index contributed by atoms with van der Waals surface area (Å²) in [6.45, 7) is 3.59. The van der Waals surface area contributed by atoms with Gasteiger partial charge in [0.2, 0.25) is 0 Å². The maximum absolute atomic E-state index is 13.1. The molecule has 2 aliphatic heterocycles. The molecule has 0 radical (unpaired) electrons. The van der Waals surface area contributed by atoms with Crippen molar-refractivity contribution >= 4 is 47.3 Å². The van der Waals surface area contributed by atoms with Crippen molar-refractivity contribution in [1.82, 2.24) is 4.90 Å². The SMILES string of the molecule is CCCN1Cc2ccc(N3CCO[C@H]([C@@H](O)C(=O)Nc4ccc(C(=N)N)cc4)C3=O)cc2C1=O.Cl. The Morgan fingerprint density at radius 3 is 2.63 bits per heavy atom. The largest absolute Gasteiger partial charge is 0.384 e. The number of ether oxygens (including phenoxy) is 1. The number of nitrogens with two attached hydrogens (primary N) is 1. The number of morpholine rings is 1. The number of carbonyl (C=O) groups excluding carboxylic acids is 3. The van der Waals surface area contributed by atoms with Gasteiger partial charge in [0.1, 0.15) is 5.84 Å². The second kappa shape index (κ2) is 10.9. The van der Waals surface area contributed by atoms with Gasteiger partial charge in [0.05, 0.1) is 6.61 Å². The van der Waals surface area contributed by atoms with Crippen molar-refractivity contribution in [2.45, 2.75) is 32.1 Å². The molecular formula is C24H28ClN5O5. The number of halogens is 1. The third kappa shape index (κ3) is 5.29. The number of aliphatic hydroxyl groups excluding tert-OH is 1. The van der Waals surface area contributed by atoms with Gasteiger partial charge in [-0.15, -0.1) is 12.4 Å². The molecule has 10 nitrogen and oxygen atoms in total. The van der Waals surface area contributed by atoms with Crippen LogP contribution in [0.25, 0.3) is 0 Å². The Balaban J connectivity index is 0.00000342. The van der Waals surface area contributed by atoms with E-state index in [4.69, 9.17) is 15.9 Å². The average Bonchev–Trinajstić information content (AvgIpc) is 3.14. The van der Waals surface area contributed by atoms with Crippen LogP contribution in [0.3, 0.4) is 0 Å². The minimum atomic E-state index is -1.74. The van der Waals surface area contributed by atoms with Gasteiger partial charge in [-0.3, -0.25) is 19.8 Å². The van der Waals surface area contributed by atoms with E-state index in [1.807, 2.05) is 13.0 Å². The van der Waals surface area contributed by atoms with Crippen LogP contribution in [0.4, 0.5) is 11.4 Å². The number of nitrogen functional groups attached to an aromatic ring is 1. The summed E-state index contributed by atoms with van der Waals surface area (Å²) in [5.74, 6) is -1.52. The van der Waals surface area contributed by atoms with Crippen LogP contribution in [0, 0.1) is 5.41 Å². The highest BCUT2D eigenvalue weighted by atomic mass is 35.5. The monoisotopic (exact) mass is 501 g/mol. The van der Waals surface area contributed by atoms with E-state index >= 15 is 0 Å². The van der Waals surface area contributed by atoms with Crippen molar-refractivity contribution in [2.75, 3.05) is 29.9 Å². The van der Waals surface area contributed by atoms with Crippen LogP contribution in [-0.4, -0.2) is 65.5 Å². The summed E-state index contributed by atoms with van der Waals surface area (Å²) < 4.78 is 5.45. The minimum absolute atomic E-state index is 0. The molecule has 35 heavy (non-hydrogen) atoms. The molecule has 186 valence electrons. The van der Waals surface area contributed by atoms with Gasteiger partial charge in [0, 0.05) is 42.1 Å². The van der Waals surface area contributed by atoms with E-state index in [0.29, 0.717) is 35.6 Å². The summed E-state index contributed by atoms with van der Waals surface area (Å²) in [5, 5.41) is 20.5. The molecule has 2 heterocycles. The molecule has 0 aromatic heterocycles. The molecule has 1 fully saturated rings. The highest BCUT2D eigenvalue weighted by Crippen LogP contribution is 2.29. The molecule has 4 rings (SSSR count). The Bertz CT molecular complexity index is 1140. The van der Waals surface area contributed by atoms with Crippen LogP contribution in [-0.2, 0) is 20.9 Å². The van der Waals surface area contributed by atoms with Crippen LogP contribution >= 0.6 is 12.4 Å². The Morgan fingerprint density at radius 1 is 1.26 bits per heavy atom. The molecule has 2 aromatic carbocycles. The molecule has 3 amide bonds. The van der Waals surface area contributed by atoms with Crippen molar-refractivity contribution in [2.24, 2.45) is 5.73 Å². The molecule has 1 saturated heterocycles. The van der Waals surface area contributed by atoms with E-state index in [9.17, 15) is 19.5 Å². The van der Waals surface area contributed by atoms with Crippen LogP contribution in [0.2, 0.25) is 0 Å². The van der Waals surface area contributed by atoms with Gasteiger partial charge in [-0.05, 0) is 48.4 Å². The van der Waals surface area contributed by atoms with Crippen molar-refractivity contribution in [3.05, 3.63) is 59.2 Å². The zero-order valence-corrected chi connectivity index (χ0v) is 20.0. The molecule has 2 aromatic rings. The Hall–Kier alpha value is -3.47. The normalized spacial score (nSPS) is 18.1. The Labute approximate surface area is 208 Å². The third-order valence-corrected chi connectivity index (χ3v) is 5.92. The van der Waals surface area contributed by atoms with Crippen LogP contribution in [0.5, 0.6) is 0 Å². The molecule has 5 N–H and O–H groups in total. The number of rotatable bonds is 7. The number of nitrogens with zero attached hydrogens (tertiary/aromatic N) is 2. The molecular weight excluding hydrogens is 474 g/mol. The van der Waals surface area contributed by atoms with Crippen molar-refractivity contribution in [3.63, 3.8) is 0 Å². The molecule has 0 saturated carbocycles. The van der Waals surface area contributed by atoms with Crippen molar-refractivity contribution in [3.8, 4) is 0 Å². The zero-order chi connectivity index (χ0) is 24.4. The quantitative estimate of drug-likeness (QED) is 0.333. The van der Waals surface area contributed by atoms with Crippen LogP contribution in [0.1, 0.15) is 34.8 Å². The maximum atomic E-state index is 13.1. The lowest BCUT2D eigenvalue weighted by molar-refractivity contribution is -0.150. The van der Waals surface area contributed by atoms with Gasteiger partial charge in [-0.25, -0.2) is 0 Å². The van der Waals surface area contributed by atoms with E-state index in [1.54, 1.807) is 41.3 Å². The van der Waals surface area contributed by atoms with E-state index < -0.39 is 24.0 Å². The smallest absolute Gasteiger partial charge is 0.259 e. The van der Waals surface area contributed by atoms with Crippen LogP contribution < -0.4 is 16.0 Å². The van der Waals surface area contributed by atoms with Gasteiger partial charge < -0.3 is 30.7 Å². The number of anilines is 2. The van der Waals surface area contributed by atoms with Gasteiger partial charge in [-0.2, -0.15) is 0 Å². The minimum Gasteiger partial charge on any atom is -0.384 e. The highest BCUT2D eigenvalue weighted by Gasteiger charge is 2.40. The van der Waals surface area contributed by atoms with Gasteiger partial charge in [-0.1, -0.05) is 13.0 Å². The fourth-order valence-corrected chi connectivity index (χ4v) is 4.14. The summed E-state index contributed by atoms with van der Waals surface area (Å²) in [7, 11) is 0. The average molecular weight is 502 g/mol. The molecule has 2 aliphatic rings. The summed E-state index contributed by atoms with van der Waals surface area (Å²) in [5.41, 5.74) is 8.29. The predicted molar refractivity (Wildman–Crippen MR) is 133 cm³/mol. The van der Waals surface area contributed by atoms with Crippen molar-refractivity contribution in [1.29, 1.82) is 5.41 Å². The van der Waals surface area contributed by atoms with E-state index in [2.05, 4.69) is 5.32 Å². The van der Waals surface area contributed by atoms with E-state index in [0.717, 1.165) is 12.0 Å². The lowest BCUT2D eigenvalue weighted by Crippen LogP contribution is -2.55. The van der Waals surface area contributed by atoms with Gasteiger partial charge in [0.15, 0.2) is 12.2 Å². The lowest BCUT2D eigenvalue weighted by Gasteiger charge is -2.34. The number of amides is 3. The summed E-state index contributed by atoms with van der Waals surface area (Å²) in [6, 6.07) is 11.5. The number of benzene rings is 2. The first-order valence-electron chi connectivity index (χ1n) is 11.1. The summed E-state index contributed by atoms with van der Waals surface area (Å²) >= 11 is 0. The number of fused-ring (bicyclic) bond motifs is 1. The topological polar surface area (TPSA) is 149 Å². The first-order valence-corrected chi connectivity index (χ1v) is 11.1. The predicted octanol–water partition coefficient (Wildman–Crippen LogP) is 1.49. The number of amidine groups is 1. The maximum Gasteiger partial charge on any atom is 0.259 e. The fraction of sp³-hybridized carbons (Fsp3) is 0.333. The Kier molecular flexibility index (Phi) is 8.11.